The zero-order valence-electron chi connectivity index (χ0n) is 12.8. The van der Waals surface area contributed by atoms with E-state index < -0.39 is 11.8 Å². The Morgan fingerprint density at radius 2 is 2.00 bits per heavy atom. The third-order valence-corrected chi connectivity index (χ3v) is 4.62. The summed E-state index contributed by atoms with van der Waals surface area (Å²) in [6.07, 6.45) is 0. The molecule has 0 aliphatic heterocycles. The summed E-state index contributed by atoms with van der Waals surface area (Å²) in [6, 6.07) is 12.0. The first kappa shape index (κ1) is 16.6. The number of carbonyl (C=O) groups is 1. The van der Waals surface area contributed by atoms with Gasteiger partial charge in [0.1, 0.15) is 23.0 Å². The van der Waals surface area contributed by atoms with Crippen LogP contribution in [0.25, 0.3) is 10.6 Å². The quantitative estimate of drug-likeness (QED) is 0.594. The fraction of sp³-hybridized carbons (Fsp3) is 0.111. The number of ether oxygens (including phenoxy) is 1. The largest absolute Gasteiger partial charge is 0.455 e. The van der Waals surface area contributed by atoms with E-state index in [-0.39, 0.29) is 17.2 Å². The van der Waals surface area contributed by atoms with E-state index in [1.54, 1.807) is 0 Å². The van der Waals surface area contributed by atoms with Crippen LogP contribution < -0.4 is 0 Å². The topological polar surface area (TPSA) is 39.2 Å². The van der Waals surface area contributed by atoms with E-state index >= 15 is 0 Å². The lowest BCUT2D eigenvalue weighted by Gasteiger charge is -2.05. The normalized spacial score (nSPS) is 10.6. The first-order chi connectivity index (χ1) is 11.5. The molecule has 3 rings (SSSR count). The SMILES string of the molecule is Cc1ccc(-c2nc(COC(=O)c3c(F)cccc3Cl)cs2)cc1. The van der Waals surface area contributed by atoms with Crippen molar-refractivity contribution in [2.45, 2.75) is 13.5 Å². The molecule has 1 heterocycles. The number of halogens is 2. The Morgan fingerprint density at radius 3 is 2.71 bits per heavy atom. The summed E-state index contributed by atoms with van der Waals surface area (Å²) in [6.45, 7) is 1.98. The van der Waals surface area contributed by atoms with E-state index in [1.807, 2.05) is 36.6 Å². The highest BCUT2D eigenvalue weighted by Crippen LogP contribution is 2.25. The summed E-state index contributed by atoms with van der Waals surface area (Å²) in [5.41, 5.74) is 2.52. The molecule has 0 aliphatic rings. The van der Waals surface area contributed by atoms with Crippen LogP contribution in [0.5, 0.6) is 0 Å². The molecule has 0 saturated heterocycles. The molecule has 0 bridgehead atoms. The number of benzene rings is 2. The van der Waals surface area contributed by atoms with Crippen LogP contribution in [-0.4, -0.2) is 11.0 Å². The number of hydrogen-bond donors (Lipinski definition) is 0. The molecule has 0 spiro atoms. The van der Waals surface area contributed by atoms with Crippen molar-refractivity contribution in [1.82, 2.24) is 4.98 Å². The second kappa shape index (κ2) is 7.11. The summed E-state index contributed by atoms with van der Waals surface area (Å²) < 4.78 is 18.8. The number of nitrogens with zero attached hydrogens (tertiary/aromatic N) is 1. The molecule has 122 valence electrons. The van der Waals surface area contributed by atoms with Crippen LogP contribution in [0.1, 0.15) is 21.6 Å². The number of thiazole rings is 1. The van der Waals surface area contributed by atoms with Crippen molar-refractivity contribution in [1.29, 1.82) is 0 Å². The molecule has 0 radical (unpaired) electrons. The minimum absolute atomic E-state index is 0.0265. The maximum Gasteiger partial charge on any atom is 0.343 e. The highest BCUT2D eigenvalue weighted by molar-refractivity contribution is 7.13. The molecule has 0 atom stereocenters. The molecule has 6 heteroatoms. The minimum atomic E-state index is -0.803. The Labute approximate surface area is 147 Å². The predicted molar refractivity (Wildman–Crippen MR) is 92.8 cm³/mol. The molecule has 2 aromatic carbocycles. The third kappa shape index (κ3) is 3.63. The number of esters is 1. The van der Waals surface area contributed by atoms with Crippen molar-refractivity contribution >= 4 is 28.9 Å². The first-order valence-electron chi connectivity index (χ1n) is 7.17. The van der Waals surface area contributed by atoms with Gasteiger partial charge < -0.3 is 4.74 Å². The van der Waals surface area contributed by atoms with Gasteiger partial charge in [0.2, 0.25) is 0 Å². The minimum Gasteiger partial charge on any atom is -0.455 e. The number of aromatic nitrogens is 1. The molecular formula is C18H13ClFNO2S. The first-order valence-corrected chi connectivity index (χ1v) is 8.43. The van der Waals surface area contributed by atoms with Crippen LogP contribution in [0, 0.1) is 12.7 Å². The number of rotatable bonds is 4. The van der Waals surface area contributed by atoms with Crippen molar-refractivity contribution in [3.8, 4) is 10.6 Å². The second-order valence-corrected chi connectivity index (χ2v) is 6.45. The highest BCUT2D eigenvalue weighted by Gasteiger charge is 2.17. The van der Waals surface area contributed by atoms with E-state index in [9.17, 15) is 9.18 Å². The Hall–Kier alpha value is -2.24. The number of aryl methyl sites for hydroxylation is 1. The molecule has 0 unspecified atom stereocenters. The smallest absolute Gasteiger partial charge is 0.343 e. The fourth-order valence-electron chi connectivity index (χ4n) is 2.11. The van der Waals surface area contributed by atoms with Gasteiger partial charge in [0.25, 0.3) is 0 Å². The fourth-order valence-corrected chi connectivity index (χ4v) is 3.16. The van der Waals surface area contributed by atoms with Gasteiger partial charge in [-0.1, -0.05) is 47.5 Å². The van der Waals surface area contributed by atoms with Gasteiger partial charge in [-0.05, 0) is 19.1 Å². The molecule has 1 aromatic heterocycles. The summed E-state index contributed by atoms with van der Waals surface area (Å²) in [5.74, 6) is -1.51. The summed E-state index contributed by atoms with van der Waals surface area (Å²) >= 11 is 7.31. The van der Waals surface area contributed by atoms with Gasteiger partial charge >= 0.3 is 5.97 Å². The summed E-state index contributed by atoms with van der Waals surface area (Å²) in [5, 5.41) is 2.68. The van der Waals surface area contributed by atoms with Crippen LogP contribution in [-0.2, 0) is 11.3 Å². The lowest BCUT2D eigenvalue weighted by Crippen LogP contribution is -2.08. The van der Waals surface area contributed by atoms with E-state index in [2.05, 4.69) is 4.98 Å². The summed E-state index contributed by atoms with van der Waals surface area (Å²) in [7, 11) is 0. The lowest BCUT2D eigenvalue weighted by molar-refractivity contribution is 0.0463. The predicted octanol–water partition coefficient (Wildman–Crippen LogP) is 5.27. The Kier molecular flexibility index (Phi) is 4.92. The monoisotopic (exact) mass is 361 g/mol. The maximum absolute atomic E-state index is 13.7. The molecule has 0 amide bonds. The molecule has 0 N–H and O–H groups in total. The van der Waals surface area contributed by atoms with Crippen molar-refractivity contribution < 1.29 is 13.9 Å². The van der Waals surface area contributed by atoms with E-state index in [1.165, 1.54) is 35.1 Å². The van der Waals surface area contributed by atoms with Gasteiger partial charge in [0, 0.05) is 10.9 Å². The van der Waals surface area contributed by atoms with Gasteiger partial charge in [0.05, 0.1) is 10.7 Å². The second-order valence-electron chi connectivity index (χ2n) is 5.18. The molecule has 3 nitrogen and oxygen atoms in total. The van der Waals surface area contributed by atoms with E-state index in [0.29, 0.717) is 5.69 Å². The molecule has 0 fully saturated rings. The summed E-state index contributed by atoms with van der Waals surface area (Å²) in [4.78, 5) is 16.4. The third-order valence-electron chi connectivity index (χ3n) is 3.37. The highest BCUT2D eigenvalue weighted by atomic mass is 35.5. The molecular weight excluding hydrogens is 349 g/mol. The van der Waals surface area contributed by atoms with Crippen LogP contribution in [0.3, 0.4) is 0 Å². The van der Waals surface area contributed by atoms with Gasteiger partial charge in [-0.15, -0.1) is 11.3 Å². The van der Waals surface area contributed by atoms with E-state index in [4.69, 9.17) is 16.3 Å². The molecule has 0 saturated carbocycles. The lowest BCUT2D eigenvalue weighted by atomic mass is 10.2. The molecule has 24 heavy (non-hydrogen) atoms. The van der Waals surface area contributed by atoms with Crippen molar-refractivity contribution in [3.63, 3.8) is 0 Å². The average molecular weight is 362 g/mol. The molecule has 3 aromatic rings. The maximum atomic E-state index is 13.7. The number of carbonyl (C=O) groups excluding carboxylic acids is 1. The van der Waals surface area contributed by atoms with Crippen LogP contribution >= 0.6 is 22.9 Å². The van der Waals surface area contributed by atoms with Crippen LogP contribution in [0.4, 0.5) is 4.39 Å². The van der Waals surface area contributed by atoms with E-state index in [0.717, 1.165) is 10.6 Å². The Bertz CT molecular complexity index is 857. The Balaban J connectivity index is 1.69. The Morgan fingerprint density at radius 1 is 1.25 bits per heavy atom. The van der Waals surface area contributed by atoms with Crippen molar-refractivity contribution in [2.75, 3.05) is 0 Å². The van der Waals surface area contributed by atoms with Crippen molar-refractivity contribution in [3.05, 3.63) is 75.5 Å². The average Bonchev–Trinajstić information content (AvgIpc) is 3.02. The van der Waals surface area contributed by atoms with Gasteiger partial charge in [0.15, 0.2) is 0 Å². The zero-order valence-corrected chi connectivity index (χ0v) is 14.3. The van der Waals surface area contributed by atoms with Gasteiger partial charge in [-0.2, -0.15) is 0 Å². The van der Waals surface area contributed by atoms with Gasteiger partial charge in [-0.25, -0.2) is 14.2 Å². The van der Waals surface area contributed by atoms with Crippen LogP contribution in [0.15, 0.2) is 47.8 Å². The zero-order chi connectivity index (χ0) is 17.1. The van der Waals surface area contributed by atoms with Gasteiger partial charge in [-0.3, -0.25) is 0 Å². The van der Waals surface area contributed by atoms with Crippen LogP contribution in [0.2, 0.25) is 5.02 Å². The van der Waals surface area contributed by atoms with Crippen molar-refractivity contribution in [2.24, 2.45) is 0 Å². The standard InChI is InChI=1S/C18H13ClFNO2S/c1-11-5-7-12(8-6-11)17-21-13(10-24-17)9-23-18(22)16-14(19)3-2-4-15(16)20/h2-8,10H,9H2,1H3. The molecule has 0 aliphatic carbocycles. The number of hydrogen-bond acceptors (Lipinski definition) is 4.